The number of hydrogen-bond donors (Lipinski definition) is 1. The quantitative estimate of drug-likeness (QED) is 0.926. The van der Waals surface area contributed by atoms with Gasteiger partial charge >= 0.3 is 0 Å². The number of aromatic nitrogens is 2. The van der Waals surface area contributed by atoms with Gasteiger partial charge in [0.05, 0.1) is 30.3 Å². The molecule has 120 valence electrons. The van der Waals surface area contributed by atoms with E-state index in [0.717, 1.165) is 61.8 Å². The molecule has 3 rings (SSSR count). The van der Waals surface area contributed by atoms with Gasteiger partial charge in [-0.05, 0) is 26.7 Å². The van der Waals surface area contributed by atoms with Crippen LogP contribution in [-0.2, 0) is 9.53 Å². The highest BCUT2D eigenvalue weighted by Gasteiger charge is 2.24. The molecular weight excluding hydrogens is 280 g/mol. The van der Waals surface area contributed by atoms with E-state index in [4.69, 9.17) is 4.74 Å². The predicted octanol–water partition coefficient (Wildman–Crippen LogP) is 2.06. The first-order chi connectivity index (χ1) is 10.6. The zero-order valence-corrected chi connectivity index (χ0v) is 13.4. The van der Waals surface area contributed by atoms with Crippen molar-refractivity contribution in [3.63, 3.8) is 0 Å². The number of aryl methyl sites for hydroxylation is 2. The molecule has 1 N–H and O–H groups in total. The molecule has 2 aliphatic rings. The van der Waals surface area contributed by atoms with Gasteiger partial charge in [-0.15, -0.1) is 0 Å². The standard InChI is InChI=1S/C16H24N4O2/c1-11-14(19-15(21)13-5-3-4-6-13)12(2)18-16(17-11)20-7-9-22-10-8-20/h13H,3-10H2,1-2H3,(H,19,21). The highest BCUT2D eigenvalue weighted by atomic mass is 16.5. The molecule has 0 aromatic carbocycles. The summed E-state index contributed by atoms with van der Waals surface area (Å²) in [6, 6.07) is 0. The summed E-state index contributed by atoms with van der Waals surface area (Å²) in [6.07, 6.45) is 4.30. The predicted molar refractivity (Wildman–Crippen MR) is 85.1 cm³/mol. The van der Waals surface area contributed by atoms with Gasteiger partial charge in [0, 0.05) is 19.0 Å². The van der Waals surface area contributed by atoms with Gasteiger partial charge in [-0.1, -0.05) is 12.8 Å². The summed E-state index contributed by atoms with van der Waals surface area (Å²) in [6.45, 7) is 6.91. The number of amides is 1. The second kappa shape index (κ2) is 6.60. The Morgan fingerprint density at radius 2 is 1.73 bits per heavy atom. The van der Waals surface area contributed by atoms with Crippen molar-refractivity contribution in [1.29, 1.82) is 0 Å². The van der Waals surface area contributed by atoms with Gasteiger partial charge in [0.15, 0.2) is 0 Å². The Hall–Kier alpha value is -1.69. The number of nitrogens with zero attached hydrogens (tertiary/aromatic N) is 3. The first kappa shape index (κ1) is 15.2. The largest absolute Gasteiger partial charge is 0.378 e. The van der Waals surface area contributed by atoms with E-state index in [-0.39, 0.29) is 11.8 Å². The molecule has 6 nitrogen and oxygen atoms in total. The minimum atomic E-state index is 0.117. The summed E-state index contributed by atoms with van der Waals surface area (Å²) in [4.78, 5) is 23.6. The van der Waals surface area contributed by atoms with Crippen LogP contribution in [0.2, 0.25) is 0 Å². The lowest BCUT2D eigenvalue weighted by molar-refractivity contribution is -0.119. The van der Waals surface area contributed by atoms with Crippen molar-refractivity contribution in [3.8, 4) is 0 Å². The highest BCUT2D eigenvalue weighted by molar-refractivity contribution is 5.93. The summed E-state index contributed by atoms with van der Waals surface area (Å²) in [5.41, 5.74) is 2.44. The summed E-state index contributed by atoms with van der Waals surface area (Å²) < 4.78 is 5.36. The van der Waals surface area contributed by atoms with Gasteiger partial charge in [-0.25, -0.2) is 9.97 Å². The van der Waals surface area contributed by atoms with Crippen LogP contribution in [-0.4, -0.2) is 42.2 Å². The molecule has 1 aliphatic heterocycles. The lowest BCUT2D eigenvalue weighted by atomic mass is 10.1. The van der Waals surface area contributed by atoms with Crippen molar-refractivity contribution in [3.05, 3.63) is 11.4 Å². The molecule has 1 saturated heterocycles. The van der Waals surface area contributed by atoms with Gasteiger partial charge in [-0.3, -0.25) is 4.79 Å². The van der Waals surface area contributed by atoms with Crippen LogP contribution in [0.1, 0.15) is 37.1 Å². The van der Waals surface area contributed by atoms with E-state index in [9.17, 15) is 4.79 Å². The number of carbonyl (C=O) groups is 1. The number of rotatable bonds is 3. The Morgan fingerprint density at radius 3 is 2.32 bits per heavy atom. The van der Waals surface area contributed by atoms with Crippen molar-refractivity contribution in [2.75, 3.05) is 36.5 Å². The van der Waals surface area contributed by atoms with Crippen LogP contribution in [0.3, 0.4) is 0 Å². The van der Waals surface area contributed by atoms with Crippen LogP contribution in [0.5, 0.6) is 0 Å². The van der Waals surface area contributed by atoms with Gasteiger partial charge < -0.3 is 15.0 Å². The lowest BCUT2D eigenvalue weighted by Crippen LogP contribution is -2.37. The fourth-order valence-corrected chi connectivity index (χ4v) is 3.20. The van der Waals surface area contributed by atoms with Crippen molar-refractivity contribution in [1.82, 2.24) is 9.97 Å². The molecule has 1 saturated carbocycles. The van der Waals surface area contributed by atoms with Gasteiger partial charge in [0.2, 0.25) is 11.9 Å². The van der Waals surface area contributed by atoms with E-state index in [0.29, 0.717) is 13.2 Å². The fraction of sp³-hybridized carbons (Fsp3) is 0.688. The van der Waals surface area contributed by atoms with E-state index in [2.05, 4.69) is 20.2 Å². The average Bonchev–Trinajstić information content (AvgIpc) is 3.06. The van der Waals surface area contributed by atoms with E-state index in [1.165, 1.54) is 0 Å². The molecule has 0 atom stereocenters. The number of anilines is 2. The van der Waals surface area contributed by atoms with Crippen LogP contribution in [0, 0.1) is 19.8 Å². The molecule has 0 bridgehead atoms. The molecule has 6 heteroatoms. The molecule has 0 radical (unpaired) electrons. The van der Waals surface area contributed by atoms with Crippen LogP contribution in [0.4, 0.5) is 11.6 Å². The van der Waals surface area contributed by atoms with Crippen molar-refractivity contribution >= 4 is 17.5 Å². The van der Waals surface area contributed by atoms with Crippen molar-refractivity contribution < 1.29 is 9.53 Å². The van der Waals surface area contributed by atoms with Crippen LogP contribution < -0.4 is 10.2 Å². The van der Waals surface area contributed by atoms with Crippen molar-refractivity contribution in [2.24, 2.45) is 5.92 Å². The molecule has 1 aliphatic carbocycles. The summed E-state index contributed by atoms with van der Waals surface area (Å²) in [5, 5.41) is 3.04. The molecule has 2 fully saturated rings. The maximum absolute atomic E-state index is 12.3. The number of hydrogen-bond acceptors (Lipinski definition) is 5. The lowest BCUT2D eigenvalue weighted by Gasteiger charge is -2.27. The number of carbonyl (C=O) groups excluding carboxylic acids is 1. The monoisotopic (exact) mass is 304 g/mol. The minimum Gasteiger partial charge on any atom is -0.378 e. The topological polar surface area (TPSA) is 67.3 Å². The maximum Gasteiger partial charge on any atom is 0.227 e. The maximum atomic E-state index is 12.3. The Kier molecular flexibility index (Phi) is 4.57. The molecule has 2 heterocycles. The first-order valence-electron chi connectivity index (χ1n) is 8.14. The zero-order chi connectivity index (χ0) is 15.5. The molecule has 0 unspecified atom stereocenters. The Labute approximate surface area is 131 Å². The van der Waals surface area contributed by atoms with Crippen LogP contribution >= 0.6 is 0 Å². The SMILES string of the molecule is Cc1nc(N2CCOCC2)nc(C)c1NC(=O)C1CCCC1. The normalized spacial score (nSPS) is 19.5. The summed E-state index contributed by atoms with van der Waals surface area (Å²) in [5.74, 6) is 1.00. The third kappa shape index (κ3) is 3.21. The Balaban J connectivity index is 1.75. The second-order valence-electron chi connectivity index (χ2n) is 6.14. The smallest absolute Gasteiger partial charge is 0.227 e. The molecular formula is C16H24N4O2. The summed E-state index contributed by atoms with van der Waals surface area (Å²) in [7, 11) is 0. The minimum absolute atomic E-state index is 0.117. The number of ether oxygens (including phenoxy) is 1. The van der Waals surface area contributed by atoms with Crippen LogP contribution in [0.15, 0.2) is 0 Å². The van der Waals surface area contributed by atoms with Crippen LogP contribution in [0.25, 0.3) is 0 Å². The van der Waals surface area contributed by atoms with Gasteiger partial charge in [0.1, 0.15) is 0 Å². The molecule has 1 aromatic heterocycles. The Morgan fingerprint density at radius 1 is 1.14 bits per heavy atom. The fourth-order valence-electron chi connectivity index (χ4n) is 3.20. The Bertz CT molecular complexity index is 526. The average molecular weight is 304 g/mol. The van der Waals surface area contributed by atoms with Gasteiger partial charge in [0.25, 0.3) is 0 Å². The zero-order valence-electron chi connectivity index (χ0n) is 13.4. The molecule has 1 amide bonds. The number of morpholine rings is 1. The van der Waals surface area contributed by atoms with E-state index in [1.54, 1.807) is 0 Å². The highest BCUT2D eigenvalue weighted by Crippen LogP contribution is 2.27. The van der Waals surface area contributed by atoms with E-state index < -0.39 is 0 Å². The van der Waals surface area contributed by atoms with Crippen molar-refractivity contribution in [2.45, 2.75) is 39.5 Å². The summed E-state index contributed by atoms with van der Waals surface area (Å²) >= 11 is 0. The third-order valence-electron chi connectivity index (χ3n) is 4.53. The number of nitrogens with one attached hydrogen (secondary N) is 1. The first-order valence-corrected chi connectivity index (χ1v) is 8.14. The molecule has 22 heavy (non-hydrogen) atoms. The van der Waals surface area contributed by atoms with E-state index in [1.807, 2.05) is 13.8 Å². The van der Waals surface area contributed by atoms with E-state index >= 15 is 0 Å². The van der Waals surface area contributed by atoms with Gasteiger partial charge in [-0.2, -0.15) is 0 Å². The molecule has 0 spiro atoms. The molecule has 1 aromatic rings. The second-order valence-corrected chi connectivity index (χ2v) is 6.14. The third-order valence-corrected chi connectivity index (χ3v) is 4.53.